The van der Waals surface area contributed by atoms with Gasteiger partial charge in [0.25, 0.3) is 0 Å². The fourth-order valence-corrected chi connectivity index (χ4v) is 3.82. The van der Waals surface area contributed by atoms with Crippen molar-refractivity contribution in [3.8, 4) is 0 Å². The summed E-state index contributed by atoms with van der Waals surface area (Å²) in [5.41, 5.74) is 4.84. The smallest absolute Gasteiger partial charge is 0.234 e. The first-order valence-electron chi connectivity index (χ1n) is 8.87. The highest BCUT2D eigenvalue weighted by molar-refractivity contribution is 7.99. The van der Waals surface area contributed by atoms with Gasteiger partial charge in [0, 0.05) is 10.7 Å². The van der Waals surface area contributed by atoms with Gasteiger partial charge in [0.05, 0.1) is 16.8 Å². The van der Waals surface area contributed by atoms with Gasteiger partial charge in [-0.2, -0.15) is 0 Å². The number of aromatic amines is 1. The molecule has 0 saturated carbocycles. The molecule has 1 amide bonds. The molecule has 0 bridgehead atoms. The Morgan fingerprint density at radius 2 is 1.82 bits per heavy atom. The molecule has 1 heterocycles. The van der Waals surface area contributed by atoms with E-state index in [1.54, 1.807) is 6.07 Å². The Kier molecular flexibility index (Phi) is 5.65. The van der Waals surface area contributed by atoms with E-state index in [1.165, 1.54) is 17.3 Å². The van der Waals surface area contributed by atoms with Crippen molar-refractivity contribution in [3.63, 3.8) is 0 Å². The third-order valence-electron chi connectivity index (χ3n) is 4.29. The summed E-state index contributed by atoms with van der Waals surface area (Å²) in [5, 5.41) is 4.37. The van der Waals surface area contributed by atoms with Crippen LogP contribution in [0.5, 0.6) is 0 Å². The van der Waals surface area contributed by atoms with Crippen LogP contribution in [0.1, 0.15) is 11.1 Å². The molecule has 4 aromatic rings. The van der Waals surface area contributed by atoms with Crippen LogP contribution in [-0.2, 0) is 11.2 Å². The molecule has 0 atom stereocenters. The van der Waals surface area contributed by atoms with Crippen LogP contribution in [0.3, 0.4) is 0 Å². The second kappa shape index (κ2) is 8.50. The van der Waals surface area contributed by atoms with Crippen LogP contribution in [0, 0.1) is 0 Å². The Balaban J connectivity index is 1.41. The van der Waals surface area contributed by atoms with Crippen molar-refractivity contribution in [1.29, 1.82) is 0 Å². The van der Waals surface area contributed by atoms with Crippen LogP contribution in [0.25, 0.3) is 11.0 Å². The number of hydrogen-bond donors (Lipinski definition) is 2. The van der Waals surface area contributed by atoms with Crippen molar-refractivity contribution in [2.45, 2.75) is 11.6 Å². The lowest BCUT2D eigenvalue weighted by molar-refractivity contribution is -0.113. The fraction of sp³-hybridized carbons (Fsp3) is 0.0909. The number of hydrogen-bond acceptors (Lipinski definition) is 3. The van der Waals surface area contributed by atoms with Crippen LogP contribution in [0.4, 0.5) is 5.69 Å². The van der Waals surface area contributed by atoms with Crippen molar-refractivity contribution in [3.05, 3.63) is 88.9 Å². The standard InChI is InChI=1S/C22H18ClN3OS/c23-17-10-11-19-20(13-17)26-22(25-19)28-14-21(27)24-18-9-5-4-8-16(18)12-15-6-2-1-3-7-15/h1-11,13H,12,14H2,(H,24,27)(H,25,26). The minimum absolute atomic E-state index is 0.0657. The summed E-state index contributed by atoms with van der Waals surface area (Å²) in [6.45, 7) is 0. The molecule has 140 valence electrons. The van der Waals surface area contributed by atoms with E-state index < -0.39 is 0 Å². The molecule has 4 nitrogen and oxygen atoms in total. The van der Waals surface area contributed by atoms with Crippen LogP contribution in [-0.4, -0.2) is 21.6 Å². The highest BCUT2D eigenvalue weighted by Gasteiger charge is 2.10. The maximum absolute atomic E-state index is 12.5. The maximum atomic E-state index is 12.5. The van der Waals surface area contributed by atoms with E-state index in [-0.39, 0.29) is 11.7 Å². The Morgan fingerprint density at radius 3 is 2.68 bits per heavy atom. The molecule has 2 N–H and O–H groups in total. The molecule has 0 unspecified atom stereocenters. The Bertz CT molecular complexity index is 1110. The number of imidazole rings is 1. The first kappa shape index (κ1) is 18.6. The van der Waals surface area contributed by atoms with Crippen molar-refractivity contribution >= 4 is 46.0 Å². The molecule has 0 aliphatic carbocycles. The van der Waals surface area contributed by atoms with Crippen LogP contribution >= 0.6 is 23.4 Å². The van der Waals surface area contributed by atoms with E-state index in [1.807, 2.05) is 54.6 Å². The SMILES string of the molecule is O=C(CSc1nc2ccc(Cl)cc2[nH]1)Nc1ccccc1Cc1ccccc1. The topological polar surface area (TPSA) is 57.8 Å². The summed E-state index contributed by atoms with van der Waals surface area (Å²) in [6, 6.07) is 23.6. The summed E-state index contributed by atoms with van der Waals surface area (Å²) >= 11 is 7.37. The van der Waals surface area contributed by atoms with E-state index >= 15 is 0 Å². The number of benzene rings is 3. The summed E-state index contributed by atoms with van der Waals surface area (Å²) in [4.78, 5) is 20.1. The average molecular weight is 408 g/mol. The average Bonchev–Trinajstić information content (AvgIpc) is 3.11. The zero-order valence-corrected chi connectivity index (χ0v) is 16.6. The first-order valence-corrected chi connectivity index (χ1v) is 10.2. The number of amides is 1. The number of halogens is 1. The number of anilines is 1. The summed E-state index contributed by atoms with van der Waals surface area (Å²) in [7, 11) is 0. The van der Waals surface area contributed by atoms with Gasteiger partial charge in [0.1, 0.15) is 0 Å². The zero-order chi connectivity index (χ0) is 19.3. The highest BCUT2D eigenvalue weighted by atomic mass is 35.5. The summed E-state index contributed by atoms with van der Waals surface area (Å²) in [5.74, 6) is 0.205. The number of aromatic nitrogens is 2. The second-order valence-corrected chi connectivity index (χ2v) is 7.76. The monoisotopic (exact) mass is 407 g/mol. The van der Waals surface area contributed by atoms with Crippen LogP contribution in [0.2, 0.25) is 5.02 Å². The Morgan fingerprint density at radius 1 is 1.04 bits per heavy atom. The number of para-hydroxylation sites is 1. The van der Waals surface area contributed by atoms with Gasteiger partial charge in [-0.25, -0.2) is 4.98 Å². The van der Waals surface area contributed by atoms with Crippen molar-refractivity contribution in [2.24, 2.45) is 0 Å². The number of carbonyl (C=O) groups is 1. The van der Waals surface area contributed by atoms with Crippen LogP contribution < -0.4 is 5.32 Å². The molecule has 4 rings (SSSR count). The van der Waals surface area contributed by atoms with Crippen molar-refractivity contribution in [1.82, 2.24) is 9.97 Å². The predicted molar refractivity (Wildman–Crippen MR) is 116 cm³/mol. The molecule has 0 aliphatic heterocycles. The van der Waals surface area contributed by atoms with E-state index in [4.69, 9.17) is 11.6 Å². The molecule has 0 radical (unpaired) electrons. The Labute approximate surface area is 172 Å². The predicted octanol–water partition coefficient (Wildman–Crippen LogP) is 5.54. The molecular formula is C22H18ClN3OS. The van der Waals surface area contributed by atoms with E-state index in [0.717, 1.165) is 28.7 Å². The van der Waals surface area contributed by atoms with Gasteiger partial charge in [0.2, 0.25) is 5.91 Å². The summed E-state index contributed by atoms with van der Waals surface area (Å²) in [6.07, 6.45) is 0.773. The number of nitrogens with zero attached hydrogens (tertiary/aromatic N) is 1. The van der Waals surface area contributed by atoms with Gasteiger partial charge >= 0.3 is 0 Å². The van der Waals surface area contributed by atoms with E-state index in [2.05, 4.69) is 27.4 Å². The molecule has 0 aliphatic rings. The molecule has 0 saturated heterocycles. The molecule has 28 heavy (non-hydrogen) atoms. The van der Waals surface area contributed by atoms with Gasteiger partial charge in [-0.15, -0.1) is 0 Å². The minimum Gasteiger partial charge on any atom is -0.333 e. The number of rotatable bonds is 6. The molecular weight excluding hydrogens is 390 g/mol. The first-order chi connectivity index (χ1) is 13.7. The minimum atomic E-state index is -0.0657. The molecule has 3 aromatic carbocycles. The van der Waals surface area contributed by atoms with Gasteiger partial charge in [0.15, 0.2) is 5.16 Å². The van der Waals surface area contributed by atoms with E-state index in [9.17, 15) is 4.79 Å². The lowest BCUT2D eigenvalue weighted by Gasteiger charge is -2.11. The number of carbonyl (C=O) groups excluding carboxylic acids is 1. The largest absolute Gasteiger partial charge is 0.333 e. The van der Waals surface area contributed by atoms with Crippen LogP contribution in [0.15, 0.2) is 78.0 Å². The molecule has 0 spiro atoms. The number of fused-ring (bicyclic) bond motifs is 1. The molecule has 1 aromatic heterocycles. The third-order valence-corrected chi connectivity index (χ3v) is 5.40. The van der Waals surface area contributed by atoms with Crippen molar-refractivity contribution in [2.75, 3.05) is 11.1 Å². The number of H-pyrrole nitrogens is 1. The normalized spacial score (nSPS) is 10.9. The van der Waals surface area contributed by atoms with Crippen molar-refractivity contribution < 1.29 is 4.79 Å². The van der Waals surface area contributed by atoms with Gasteiger partial charge in [-0.1, -0.05) is 71.9 Å². The molecule has 0 fully saturated rings. The molecule has 6 heteroatoms. The third kappa shape index (κ3) is 4.55. The van der Waals surface area contributed by atoms with Gasteiger partial charge < -0.3 is 10.3 Å². The maximum Gasteiger partial charge on any atom is 0.234 e. The van der Waals surface area contributed by atoms with Gasteiger partial charge in [-0.3, -0.25) is 4.79 Å². The van der Waals surface area contributed by atoms with Gasteiger partial charge in [-0.05, 0) is 41.8 Å². The zero-order valence-electron chi connectivity index (χ0n) is 15.0. The quantitative estimate of drug-likeness (QED) is 0.412. The summed E-state index contributed by atoms with van der Waals surface area (Å²) < 4.78 is 0. The number of thioether (sulfide) groups is 1. The fourth-order valence-electron chi connectivity index (χ4n) is 2.96. The Hall–Kier alpha value is -2.76. The lowest BCUT2D eigenvalue weighted by atomic mass is 10.0. The lowest BCUT2D eigenvalue weighted by Crippen LogP contribution is -2.15. The van der Waals surface area contributed by atoms with E-state index in [0.29, 0.717) is 10.2 Å². The second-order valence-electron chi connectivity index (χ2n) is 6.36. The number of nitrogens with one attached hydrogen (secondary N) is 2. The highest BCUT2D eigenvalue weighted by Crippen LogP contribution is 2.23.